The van der Waals surface area contributed by atoms with Crippen molar-refractivity contribution in [1.29, 1.82) is 0 Å². The summed E-state index contributed by atoms with van der Waals surface area (Å²) < 4.78 is 0. The Morgan fingerprint density at radius 3 is 2.68 bits per heavy atom. The third-order valence-electron chi connectivity index (χ3n) is 5.48. The maximum absolute atomic E-state index is 12.5. The van der Waals surface area contributed by atoms with Crippen molar-refractivity contribution in [3.63, 3.8) is 0 Å². The van der Waals surface area contributed by atoms with Crippen molar-refractivity contribution in [2.24, 2.45) is 5.92 Å². The van der Waals surface area contributed by atoms with E-state index >= 15 is 0 Å². The van der Waals surface area contributed by atoms with Gasteiger partial charge in [-0.15, -0.1) is 0 Å². The second-order valence-corrected chi connectivity index (χ2v) is 7.71. The molecule has 3 aromatic rings. The van der Waals surface area contributed by atoms with Gasteiger partial charge in [-0.1, -0.05) is 29.3 Å². The van der Waals surface area contributed by atoms with Crippen molar-refractivity contribution in [3.8, 4) is 0 Å². The Kier molecular flexibility index (Phi) is 4.90. The summed E-state index contributed by atoms with van der Waals surface area (Å²) in [4.78, 5) is 30.0. The minimum Gasteiger partial charge on any atom is -0.361 e. The van der Waals surface area contributed by atoms with Gasteiger partial charge >= 0.3 is 0 Å². The molecule has 5 nitrogen and oxygen atoms in total. The average molecular weight is 375 g/mol. The number of rotatable bonds is 5. The molecule has 5 heteroatoms. The van der Waals surface area contributed by atoms with Crippen LogP contribution in [0.15, 0.2) is 48.7 Å². The van der Waals surface area contributed by atoms with Gasteiger partial charge in [-0.2, -0.15) is 0 Å². The highest BCUT2D eigenvalue weighted by atomic mass is 16.2. The second kappa shape index (κ2) is 7.50. The average Bonchev–Trinajstić information content (AvgIpc) is 3.25. The normalized spacial score (nSPS) is 16.7. The Morgan fingerprint density at radius 1 is 1.14 bits per heavy atom. The van der Waals surface area contributed by atoms with Crippen LogP contribution >= 0.6 is 0 Å². The van der Waals surface area contributed by atoms with Gasteiger partial charge in [0.05, 0.1) is 5.92 Å². The first-order valence-electron chi connectivity index (χ1n) is 9.71. The fraction of sp³-hybridized carbons (Fsp3) is 0.304. The molecule has 28 heavy (non-hydrogen) atoms. The third-order valence-corrected chi connectivity index (χ3v) is 5.48. The van der Waals surface area contributed by atoms with Crippen LogP contribution in [-0.4, -0.2) is 34.8 Å². The van der Waals surface area contributed by atoms with Crippen molar-refractivity contribution in [1.82, 2.24) is 9.88 Å². The SMILES string of the molecule is Cc1ccc(NC(=O)[C@H]2CC(=O)N(CCc3c[nH]c4ccc(C)cc34)C2)cc1. The lowest BCUT2D eigenvalue weighted by Crippen LogP contribution is -2.30. The minimum atomic E-state index is -0.293. The number of hydrogen-bond acceptors (Lipinski definition) is 2. The number of aromatic nitrogens is 1. The standard InChI is InChI=1S/C23H25N3O2/c1-15-3-6-19(7-4-15)25-23(28)18-12-22(27)26(14-18)10-9-17-13-24-21-8-5-16(2)11-20(17)21/h3-8,11,13,18,24H,9-10,12,14H2,1-2H3,(H,25,28)/t18-/m0/s1. The third kappa shape index (κ3) is 3.79. The summed E-state index contributed by atoms with van der Waals surface area (Å²) in [5, 5.41) is 4.14. The Hall–Kier alpha value is -3.08. The van der Waals surface area contributed by atoms with E-state index in [-0.39, 0.29) is 24.2 Å². The van der Waals surface area contributed by atoms with Crippen LogP contribution in [0, 0.1) is 19.8 Å². The lowest BCUT2D eigenvalue weighted by molar-refractivity contribution is -0.128. The van der Waals surface area contributed by atoms with E-state index < -0.39 is 0 Å². The van der Waals surface area contributed by atoms with E-state index in [1.54, 1.807) is 0 Å². The number of aryl methyl sites for hydroxylation is 2. The van der Waals surface area contributed by atoms with Gasteiger partial charge in [-0.05, 0) is 50.1 Å². The first-order valence-corrected chi connectivity index (χ1v) is 9.71. The van der Waals surface area contributed by atoms with Crippen LogP contribution in [0.5, 0.6) is 0 Å². The first-order chi connectivity index (χ1) is 13.5. The molecule has 0 radical (unpaired) electrons. The molecule has 2 aromatic carbocycles. The summed E-state index contributed by atoms with van der Waals surface area (Å²) in [5.74, 6) is -0.318. The van der Waals surface area contributed by atoms with Crippen molar-refractivity contribution in [2.75, 3.05) is 18.4 Å². The smallest absolute Gasteiger partial charge is 0.229 e. The zero-order chi connectivity index (χ0) is 19.7. The van der Waals surface area contributed by atoms with Gasteiger partial charge in [-0.3, -0.25) is 9.59 Å². The predicted molar refractivity (Wildman–Crippen MR) is 111 cm³/mol. The van der Waals surface area contributed by atoms with Gasteiger partial charge in [0.2, 0.25) is 11.8 Å². The Morgan fingerprint density at radius 2 is 1.89 bits per heavy atom. The number of carbonyl (C=O) groups is 2. The molecule has 2 amide bonds. The molecule has 0 unspecified atom stereocenters. The van der Waals surface area contributed by atoms with E-state index in [0.717, 1.165) is 23.2 Å². The molecule has 2 heterocycles. The summed E-state index contributed by atoms with van der Waals surface area (Å²) >= 11 is 0. The Labute approximate surface area is 164 Å². The molecular weight excluding hydrogens is 350 g/mol. The highest BCUT2D eigenvalue weighted by Crippen LogP contribution is 2.23. The van der Waals surface area contributed by atoms with Crippen molar-refractivity contribution in [3.05, 3.63) is 65.4 Å². The lowest BCUT2D eigenvalue weighted by Gasteiger charge is -2.16. The summed E-state index contributed by atoms with van der Waals surface area (Å²) in [7, 11) is 0. The van der Waals surface area contributed by atoms with E-state index in [1.165, 1.54) is 16.5 Å². The lowest BCUT2D eigenvalue weighted by atomic mass is 10.1. The number of likely N-dealkylation sites (tertiary alicyclic amines) is 1. The predicted octanol–water partition coefficient (Wildman–Crippen LogP) is 3.81. The number of carbonyl (C=O) groups excluding carboxylic acids is 2. The van der Waals surface area contributed by atoms with Crippen LogP contribution in [-0.2, 0) is 16.0 Å². The van der Waals surface area contributed by atoms with Crippen molar-refractivity contribution >= 4 is 28.4 Å². The molecule has 4 rings (SSSR count). The molecule has 1 saturated heterocycles. The van der Waals surface area contributed by atoms with E-state index in [4.69, 9.17) is 0 Å². The van der Waals surface area contributed by atoms with E-state index in [9.17, 15) is 9.59 Å². The number of H-pyrrole nitrogens is 1. The van der Waals surface area contributed by atoms with E-state index in [2.05, 4.69) is 35.4 Å². The molecule has 1 aromatic heterocycles. The van der Waals surface area contributed by atoms with E-state index in [0.29, 0.717) is 13.1 Å². The monoisotopic (exact) mass is 375 g/mol. The van der Waals surface area contributed by atoms with Gasteiger partial charge < -0.3 is 15.2 Å². The highest BCUT2D eigenvalue weighted by Gasteiger charge is 2.34. The van der Waals surface area contributed by atoms with Crippen LogP contribution in [0.4, 0.5) is 5.69 Å². The molecule has 2 N–H and O–H groups in total. The molecule has 1 fully saturated rings. The van der Waals surface area contributed by atoms with Gasteiger partial charge in [0, 0.05) is 42.3 Å². The number of fused-ring (bicyclic) bond motifs is 1. The molecule has 0 aliphatic carbocycles. The fourth-order valence-electron chi connectivity index (χ4n) is 3.80. The van der Waals surface area contributed by atoms with Gasteiger partial charge in [0.25, 0.3) is 0 Å². The van der Waals surface area contributed by atoms with Crippen LogP contribution in [0.1, 0.15) is 23.1 Å². The van der Waals surface area contributed by atoms with Crippen LogP contribution in [0.25, 0.3) is 10.9 Å². The molecular formula is C23H25N3O2. The zero-order valence-electron chi connectivity index (χ0n) is 16.3. The number of anilines is 1. The maximum Gasteiger partial charge on any atom is 0.229 e. The maximum atomic E-state index is 12.5. The zero-order valence-corrected chi connectivity index (χ0v) is 16.3. The van der Waals surface area contributed by atoms with Gasteiger partial charge in [0.15, 0.2) is 0 Å². The number of hydrogen-bond donors (Lipinski definition) is 2. The number of amides is 2. The highest BCUT2D eigenvalue weighted by molar-refractivity contribution is 5.97. The summed E-state index contributed by atoms with van der Waals surface area (Å²) in [6.45, 7) is 5.21. The molecule has 1 aliphatic heterocycles. The van der Waals surface area contributed by atoms with Gasteiger partial charge in [0.1, 0.15) is 0 Å². The van der Waals surface area contributed by atoms with Crippen molar-refractivity contribution in [2.45, 2.75) is 26.7 Å². The molecule has 0 bridgehead atoms. The topological polar surface area (TPSA) is 65.2 Å². The molecule has 0 saturated carbocycles. The minimum absolute atomic E-state index is 0.0556. The summed E-state index contributed by atoms with van der Waals surface area (Å²) in [5.41, 5.74) is 5.46. The molecule has 0 spiro atoms. The Bertz CT molecular complexity index is 1020. The van der Waals surface area contributed by atoms with Crippen LogP contribution in [0.3, 0.4) is 0 Å². The van der Waals surface area contributed by atoms with Crippen molar-refractivity contribution < 1.29 is 9.59 Å². The second-order valence-electron chi connectivity index (χ2n) is 7.71. The summed E-state index contributed by atoms with van der Waals surface area (Å²) in [6, 6.07) is 14.0. The summed E-state index contributed by atoms with van der Waals surface area (Å²) in [6.07, 6.45) is 3.08. The Balaban J connectivity index is 1.37. The quantitative estimate of drug-likeness (QED) is 0.712. The molecule has 1 aliphatic rings. The largest absolute Gasteiger partial charge is 0.361 e. The first kappa shape index (κ1) is 18.3. The molecule has 1 atom stereocenters. The van der Waals surface area contributed by atoms with Crippen LogP contribution < -0.4 is 5.32 Å². The van der Waals surface area contributed by atoms with E-state index in [1.807, 2.05) is 42.3 Å². The fourth-order valence-corrected chi connectivity index (χ4v) is 3.80. The number of aromatic amines is 1. The van der Waals surface area contributed by atoms with Crippen LogP contribution in [0.2, 0.25) is 0 Å². The number of nitrogens with zero attached hydrogens (tertiary/aromatic N) is 1. The number of benzene rings is 2. The van der Waals surface area contributed by atoms with Gasteiger partial charge in [-0.25, -0.2) is 0 Å². The number of nitrogens with one attached hydrogen (secondary N) is 2. The molecule has 144 valence electrons.